The number of aliphatic hydroxyl groups is 1. The van der Waals surface area contributed by atoms with Crippen molar-refractivity contribution in [3.05, 3.63) is 35.9 Å². The van der Waals surface area contributed by atoms with Crippen LogP contribution in [0.15, 0.2) is 30.3 Å². The molecule has 76 valence electrons. The topological polar surface area (TPSA) is 38.7 Å². The van der Waals surface area contributed by atoms with Crippen molar-refractivity contribution in [3.63, 3.8) is 0 Å². The Morgan fingerprint density at radius 1 is 1.36 bits per heavy atom. The van der Waals surface area contributed by atoms with Crippen molar-refractivity contribution in [2.75, 3.05) is 6.61 Å². The molecular weight excluding hydrogens is 180 g/mol. The summed E-state index contributed by atoms with van der Waals surface area (Å²) in [6.45, 7) is 1.12. The summed E-state index contributed by atoms with van der Waals surface area (Å²) >= 11 is 0. The molecule has 1 aliphatic rings. The molecule has 0 aromatic heterocycles. The van der Waals surface area contributed by atoms with Gasteiger partial charge in [-0.1, -0.05) is 30.3 Å². The molecule has 1 fully saturated rings. The number of hydrogen-bond acceptors (Lipinski definition) is 3. The van der Waals surface area contributed by atoms with Crippen LogP contribution in [0.25, 0.3) is 0 Å². The van der Waals surface area contributed by atoms with Gasteiger partial charge in [0.2, 0.25) is 0 Å². The van der Waals surface area contributed by atoms with Crippen LogP contribution in [0.3, 0.4) is 0 Å². The van der Waals surface area contributed by atoms with E-state index in [-0.39, 0.29) is 6.10 Å². The lowest BCUT2D eigenvalue weighted by molar-refractivity contribution is -0.131. The van der Waals surface area contributed by atoms with Gasteiger partial charge in [-0.3, -0.25) is 0 Å². The molecule has 1 aliphatic heterocycles. The molecule has 1 heterocycles. The van der Waals surface area contributed by atoms with E-state index in [0.717, 1.165) is 12.0 Å². The van der Waals surface area contributed by atoms with Gasteiger partial charge in [0, 0.05) is 6.42 Å². The maximum Gasteiger partial charge on any atom is 0.181 e. The quantitative estimate of drug-likeness (QED) is 0.788. The van der Waals surface area contributed by atoms with E-state index in [9.17, 15) is 5.11 Å². The minimum atomic E-state index is -0.751. The standard InChI is InChI=1S/C11H14O3/c12-11-10(6-7-13-11)14-8-9-4-2-1-3-5-9/h1-5,10-12H,6-8H2/t10-,11?/m1/s1. The van der Waals surface area contributed by atoms with Crippen LogP contribution in [0.4, 0.5) is 0 Å². The van der Waals surface area contributed by atoms with Gasteiger partial charge in [0.15, 0.2) is 6.29 Å². The lowest BCUT2D eigenvalue weighted by atomic mass is 10.2. The summed E-state index contributed by atoms with van der Waals surface area (Å²) in [5.41, 5.74) is 1.12. The number of rotatable bonds is 3. The van der Waals surface area contributed by atoms with E-state index in [1.165, 1.54) is 0 Å². The highest BCUT2D eigenvalue weighted by atomic mass is 16.6. The summed E-state index contributed by atoms with van der Waals surface area (Å²) in [7, 11) is 0. The van der Waals surface area contributed by atoms with Gasteiger partial charge < -0.3 is 14.6 Å². The molecule has 0 aliphatic carbocycles. The predicted octanol–water partition coefficient (Wildman–Crippen LogP) is 1.31. The number of hydrogen-bond donors (Lipinski definition) is 1. The van der Waals surface area contributed by atoms with Crippen LogP contribution < -0.4 is 0 Å². The second-order valence-electron chi connectivity index (χ2n) is 3.39. The number of aliphatic hydroxyl groups excluding tert-OH is 1. The zero-order chi connectivity index (χ0) is 9.80. The fourth-order valence-electron chi connectivity index (χ4n) is 1.50. The van der Waals surface area contributed by atoms with E-state index in [1.807, 2.05) is 30.3 Å². The van der Waals surface area contributed by atoms with Crippen molar-refractivity contribution in [1.82, 2.24) is 0 Å². The molecule has 1 aromatic rings. The van der Waals surface area contributed by atoms with Crippen LogP contribution in [-0.2, 0) is 16.1 Å². The van der Waals surface area contributed by atoms with Gasteiger partial charge in [-0.05, 0) is 5.56 Å². The highest BCUT2D eigenvalue weighted by Crippen LogP contribution is 2.16. The minimum absolute atomic E-state index is 0.171. The zero-order valence-corrected chi connectivity index (χ0v) is 7.93. The first-order chi connectivity index (χ1) is 6.86. The Kier molecular flexibility index (Phi) is 3.14. The first-order valence-electron chi connectivity index (χ1n) is 4.81. The molecule has 1 saturated heterocycles. The normalized spacial score (nSPS) is 26.6. The molecule has 1 unspecified atom stereocenters. The molecule has 1 N–H and O–H groups in total. The van der Waals surface area contributed by atoms with E-state index in [1.54, 1.807) is 0 Å². The van der Waals surface area contributed by atoms with Gasteiger partial charge >= 0.3 is 0 Å². The fraction of sp³-hybridized carbons (Fsp3) is 0.455. The van der Waals surface area contributed by atoms with Crippen LogP contribution in [0.2, 0.25) is 0 Å². The monoisotopic (exact) mass is 194 g/mol. The van der Waals surface area contributed by atoms with Gasteiger partial charge in [0.05, 0.1) is 13.2 Å². The largest absolute Gasteiger partial charge is 0.368 e. The maximum absolute atomic E-state index is 9.32. The first-order valence-corrected chi connectivity index (χ1v) is 4.81. The summed E-state index contributed by atoms with van der Waals surface area (Å²) in [6, 6.07) is 9.92. The third-order valence-electron chi connectivity index (χ3n) is 2.32. The molecule has 0 spiro atoms. The second-order valence-corrected chi connectivity index (χ2v) is 3.39. The summed E-state index contributed by atoms with van der Waals surface area (Å²) in [5, 5.41) is 9.32. The third-order valence-corrected chi connectivity index (χ3v) is 2.32. The first kappa shape index (κ1) is 9.65. The van der Waals surface area contributed by atoms with Crippen LogP contribution in [0, 0.1) is 0 Å². The molecule has 2 rings (SSSR count). The lowest BCUT2D eigenvalue weighted by Crippen LogP contribution is -2.23. The smallest absolute Gasteiger partial charge is 0.181 e. The van der Waals surface area contributed by atoms with Gasteiger partial charge in [0.25, 0.3) is 0 Å². The van der Waals surface area contributed by atoms with Gasteiger partial charge in [-0.25, -0.2) is 0 Å². The molecule has 0 bridgehead atoms. The molecule has 0 saturated carbocycles. The van der Waals surface area contributed by atoms with E-state index in [0.29, 0.717) is 13.2 Å². The van der Waals surface area contributed by atoms with Crippen LogP contribution in [0.5, 0.6) is 0 Å². The van der Waals surface area contributed by atoms with E-state index >= 15 is 0 Å². The average Bonchev–Trinajstić information content (AvgIpc) is 2.63. The van der Waals surface area contributed by atoms with E-state index < -0.39 is 6.29 Å². The molecule has 1 aromatic carbocycles. The fourth-order valence-corrected chi connectivity index (χ4v) is 1.50. The van der Waals surface area contributed by atoms with Crippen molar-refractivity contribution in [2.24, 2.45) is 0 Å². The minimum Gasteiger partial charge on any atom is -0.368 e. The van der Waals surface area contributed by atoms with Gasteiger partial charge in [-0.15, -0.1) is 0 Å². The molecular formula is C11H14O3. The predicted molar refractivity (Wildman–Crippen MR) is 51.6 cm³/mol. The number of ether oxygens (including phenoxy) is 2. The lowest BCUT2D eigenvalue weighted by Gasteiger charge is -2.13. The highest BCUT2D eigenvalue weighted by Gasteiger charge is 2.26. The Hall–Kier alpha value is -0.900. The summed E-state index contributed by atoms with van der Waals surface area (Å²) in [5.74, 6) is 0. The molecule has 0 radical (unpaired) electrons. The van der Waals surface area contributed by atoms with E-state index in [4.69, 9.17) is 9.47 Å². The Morgan fingerprint density at radius 2 is 2.14 bits per heavy atom. The average molecular weight is 194 g/mol. The molecule has 14 heavy (non-hydrogen) atoms. The van der Waals surface area contributed by atoms with Crippen molar-refractivity contribution >= 4 is 0 Å². The molecule has 3 heteroatoms. The SMILES string of the molecule is OC1OCC[C@H]1OCc1ccccc1. The summed E-state index contributed by atoms with van der Waals surface area (Å²) in [4.78, 5) is 0. The highest BCUT2D eigenvalue weighted by molar-refractivity contribution is 5.13. The molecule has 2 atom stereocenters. The van der Waals surface area contributed by atoms with E-state index in [2.05, 4.69) is 0 Å². The van der Waals surface area contributed by atoms with Crippen molar-refractivity contribution < 1.29 is 14.6 Å². The number of benzene rings is 1. The van der Waals surface area contributed by atoms with Crippen LogP contribution in [0.1, 0.15) is 12.0 Å². The third kappa shape index (κ3) is 2.32. The van der Waals surface area contributed by atoms with Gasteiger partial charge in [0.1, 0.15) is 6.10 Å². The van der Waals surface area contributed by atoms with Crippen LogP contribution in [-0.4, -0.2) is 24.1 Å². The Morgan fingerprint density at radius 3 is 2.79 bits per heavy atom. The van der Waals surface area contributed by atoms with Crippen molar-refractivity contribution in [2.45, 2.75) is 25.4 Å². The molecule has 3 nitrogen and oxygen atoms in total. The molecule has 0 amide bonds. The zero-order valence-electron chi connectivity index (χ0n) is 7.93. The Balaban J connectivity index is 1.82. The van der Waals surface area contributed by atoms with Crippen molar-refractivity contribution in [1.29, 1.82) is 0 Å². The Labute approximate surface area is 83.3 Å². The van der Waals surface area contributed by atoms with Crippen molar-refractivity contribution in [3.8, 4) is 0 Å². The summed E-state index contributed by atoms with van der Waals surface area (Å²) < 4.78 is 10.5. The maximum atomic E-state index is 9.32. The summed E-state index contributed by atoms with van der Waals surface area (Å²) in [6.07, 6.45) is -0.150. The van der Waals surface area contributed by atoms with Crippen LogP contribution >= 0.6 is 0 Å². The Bertz CT molecular complexity index is 273. The second kappa shape index (κ2) is 4.55. The van der Waals surface area contributed by atoms with Gasteiger partial charge in [-0.2, -0.15) is 0 Å².